The summed E-state index contributed by atoms with van der Waals surface area (Å²) in [6, 6.07) is 8.65. The van der Waals surface area contributed by atoms with E-state index >= 15 is 0 Å². The van der Waals surface area contributed by atoms with E-state index in [1.807, 2.05) is 24.4 Å². The highest BCUT2D eigenvalue weighted by molar-refractivity contribution is 5.86. The van der Waals surface area contributed by atoms with Crippen molar-refractivity contribution in [3.8, 4) is 0 Å². The van der Waals surface area contributed by atoms with Crippen molar-refractivity contribution in [3.05, 3.63) is 36.0 Å². The number of aromatic amines is 1. The highest BCUT2D eigenvalue weighted by Gasteiger charge is 2.35. The number of likely N-dealkylation sites (tertiary alicyclic amines) is 1. The Morgan fingerprint density at radius 1 is 1.35 bits per heavy atom. The Bertz CT molecular complexity index is 706. The summed E-state index contributed by atoms with van der Waals surface area (Å²) in [4.78, 5) is 18.1. The molecular formula is C18H24N4O. The zero-order valence-corrected chi connectivity index (χ0v) is 13.3. The molecule has 2 aliphatic rings. The highest BCUT2D eigenvalue weighted by Crippen LogP contribution is 2.29. The first kappa shape index (κ1) is 14.7. The van der Waals surface area contributed by atoms with Crippen LogP contribution in [-0.4, -0.2) is 47.0 Å². The molecule has 1 aliphatic heterocycles. The number of aromatic nitrogens is 1. The molecule has 1 saturated carbocycles. The smallest absolute Gasteiger partial charge is 0.237 e. The van der Waals surface area contributed by atoms with E-state index in [0.717, 1.165) is 42.0 Å². The fraction of sp³-hybridized carbons (Fsp3) is 0.500. The van der Waals surface area contributed by atoms with Crippen molar-refractivity contribution in [2.24, 2.45) is 5.73 Å². The lowest BCUT2D eigenvalue weighted by molar-refractivity contribution is -0.122. The molecule has 1 saturated heterocycles. The molecule has 2 heterocycles. The summed E-state index contributed by atoms with van der Waals surface area (Å²) in [7, 11) is 0. The van der Waals surface area contributed by atoms with Gasteiger partial charge in [0.1, 0.15) is 0 Å². The lowest BCUT2D eigenvalue weighted by Gasteiger charge is -2.18. The standard InChI is InChI=1S/C18H24N4O/c19-16(9-12-10-20-17-4-2-1-3-15(12)17)18(23)21-13-7-8-22(11-13)14-5-6-14/h1-4,10,13-14,16,20H,5-9,11,19H2,(H,21,23)/t13?,16-/m0/s1. The predicted octanol–water partition coefficient (Wildman–Crippen LogP) is 1.39. The third-order valence-electron chi connectivity index (χ3n) is 5.08. The molecular weight excluding hydrogens is 288 g/mol. The van der Waals surface area contributed by atoms with E-state index in [9.17, 15) is 4.79 Å². The SMILES string of the molecule is N[C@@H](Cc1c[nH]c2ccccc12)C(=O)NC1CCN(C2CC2)C1. The van der Waals surface area contributed by atoms with Crippen molar-refractivity contribution in [3.63, 3.8) is 0 Å². The second kappa shape index (κ2) is 5.98. The van der Waals surface area contributed by atoms with Gasteiger partial charge in [0.15, 0.2) is 0 Å². The number of H-pyrrole nitrogens is 1. The van der Waals surface area contributed by atoms with Crippen molar-refractivity contribution in [1.82, 2.24) is 15.2 Å². The van der Waals surface area contributed by atoms with E-state index in [0.29, 0.717) is 6.42 Å². The molecule has 2 atom stereocenters. The number of benzene rings is 1. The van der Waals surface area contributed by atoms with Gasteiger partial charge in [0.2, 0.25) is 5.91 Å². The van der Waals surface area contributed by atoms with Gasteiger partial charge in [-0.15, -0.1) is 0 Å². The molecule has 5 heteroatoms. The zero-order valence-electron chi connectivity index (χ0n) is 13.3. The highest BCUT2D eigenvalue weighted by atomic mass is 16.2. The molecule has 1 aromatic carbocycles. The lowest BCUT2D eigenvalue weighted by Crippen LogP contribution is -2.47. The largest absolute Gasteiger partial charge is 0.361 e. The quantitative estimate of drug-likeness (QED) is 0.781. The molecule has 0 spiro atoms. The molecule has 1 aliphatic carbocycles. The first-order valence-electron chi connectivity index (χ1n) is 8.55. The minimum atomic E-state index is -0.496. The Morgan fingerprint density at radius 2 is 2.17 bits per heavy atom. The molecule has 1 aromatic heterocycles. The van der Waals surface area contributed by atoms with Crippen LogP contribution in [0.3, 0.4) is 0 Å². The topological polar surface area (TPSA) is 74.1 Å². The van der Waals surface area contributed by atoms with Crippen molar-refractivity contribution in [2.75, 3.05) is 13.1 Å². The number of amides is 1. The normalized spacial score (nSPS) is 23.3. The first-order chi connectivity index (χ1) is 11.2. The van der Waals surface area contributed by atoms with Gasteiger partial charge in [-0.1, -0.05) is 18.2 Å². The monoisotopic (exact) mass is 312 g/mol. The number of hydrogen-bond donors (Lipinski definition) is 3. The van der Waals surface area contributed by atoms with Crippen LogP contribution in [0.4, 0.5) is 0 Å². The van der Waals surface area contributed by atoms with Gasteiger partial charge in [-0.2, -0.15) is 0 Å². The van der Waals surface area contributed by atoms with Crippen LogP contribution < -0.4 is 11.1 Å². The van der Waals surface area contributed by atoms with Crippen LogP contribution in [0.25, 0.3) is 10.9 Å². The summed E-state index contributed by atoms with van der Waals surface area (Å²) in [6.07, 6.45) is 6.21. The van der Waals surface area contributed by atoms with Crippen LogP contribution >= 0.6 is 0 Å². The lowest BCUT2D eigenvalue weighted by atomic mass is 10.0. The van der Waals surface area contributed by atoms with Gasteiger partial charge in [-0.25, -0.2) is 0 Å². The maximum atomic E-state index is 12.4. The number of fused-ring (bicyclic) bond motifs is 1. The van der Waals surface area contributed by atoms with Crippen LogP contribution in [0.1, 0.15) is 24.8 Å². The molecule has 1 amide bonds. The summed E-state index contributed by atoms with van der Waals surface area (Å²) in [5.41, 5.74) is 8.34. The minimum absolute atomic E-state index is 0.0297. The van der Waals surface area contributed by atoms with Crippen LogP contribution in [0.2, 0.25) is 0 Å². The Kier molecular flexibility index (Phi) is 3.83. The van der Waals surface area contributed by atoms with Crippen LogP contribution in [-0.2, 0) is 11.2 Å². The van der Waals surface area contributed by atoms with E-state index < -0.39 is 6.04 Å². The fourth-order valence-corrected chi connectivity index (χ4v) is 3.61. The second-order valence-corrected chi connectivity index (χ2v) is 6.89. The van der Waals surface area contributed by atoms with Gasteiger partial charge in [-0.05, 0) is 37.3 Å². The van der Waals surface area contributed by atoms with Crippen LogP contribution in [0, 0.1) is 0 Å². The molecule has 4 rings (SSSR count). The summed E-state index contributed by atoms with van der Waals surface area (Å²) in [5, 5.41) is 4.29. The number of carbonyl (C=O) groups excluding carboxylic acids is 1. The summed E-state index contributed by atoms with van der Waals surface area (Å²) in [5.74, 6) is -0.0297. The Morgan fingerprint density at radius 3 is 3.00 bits per heavy atom. The summed E-state index contributed by atoms with van der Waals surface area (Å²) >= 11 is 0. The molecule has 1 unspecified atom stereocenters. The average molecular weight is 312 g/mol. The number of nitrogens with one attached hydrogen (secondary N) is 2. The molecule has 5 nitrogen and oxygen atoms in total. The molecule has 0 bridgehead atoms. The summed E-state index contributed by atoms with van der Waals surface area (Å²) < 4.78 is 0. The number of nitrogens with zero attached hydrogens (tertiary/aromatic N) is 1. The van der Waals surface area contributed by atoms with Gasteiger partial charge in [0.25, 0.3) is 0 Å². The van der Waals surface area contributed by atoms with E-state index in [-0.39, 0.29) is 11.9 Å². The Labute approximate surface area is 136 Å². The zero-order chi connectivity index (χ0) is 15.8. The van der Waals surface area contributed by atoms with E-state index in [1.54, 1.807) is 0 Å². The van der Waals surface area contributed by atoms with Crippen molar-refractivity contribution in [1.29, 1.82) is 0 Å². The molecule has 2 aromatic rings. The fourth-order valence-electron chi connectivity index (χ4n) is 3.61. The number of carbonyl (C=O) groups is 1. The molecule has 23 heavy (non-hydrogen) atoms. The maximum absolute atomic E-state index is 12.4. The number of rotatable bonds is 5. The average Bonchev–Trinajstić information content (AvgIpc) is 3.18. The van der Waals surface area contributed by atoms with Crippen LogP contribution in [0.5, 0.6) is 0 Å². The molecule has 4 N–H and O–H groups in total. The molecule has 0 radical (unpaired) electrons. The van der Waals surface area contributed by atoms with E-state index in [1.165, 1.54) is 12.8 Å². The van der Waals surface area contributed by atoms with Gasteiger partial charge in [-0.3, -0.25) is 9.69 Å². The van der Waals surface area contributed by atoms with Gasteiger partial charge in [0, 0.05) is 42.3 Å². The number of para-hydroxylation sites is 1. The van der Waals surface area contributed by atoms with E-state index in [2.05, 4.69) is 21.3 Å². The van der Waals surface area contributed by atoms with Crippen molar-refractivity contribution < 1.29 is 4.79 Å². The molecule has 2 fully saturated rings. The van der Waals surface area contributed by atoms with Gasteiger partial charge < -0.3 is 16.0 Å². The third-order valence-corrected chi connectivity index (χ3v) is 5.08. The third kappa shape index (κ3) is 3.12. The second-order valence-electron chi connectivity index (χ2n) is 6.89. The Balaban J connectivity index is 1.35. The number of nitrogens with two attached hydrogens (primary N) is 1. The Hall–Kier alpha value is -1.85. The van der Waals surface area contributed by atoms with E-state index in [4.69, 9.17) is 5.73 Å². The first-order valence-corrected chi connectivity index (χ1v) is 8.55. The van der Waals surface area contributed by atoms with Crippen molar-refractivity contribution in [2.45, 2.75) is 43.8 Å². The van der Waals surface area contributed by atoms with Gasteiger partial charge >= 0.3 is 0 Å². The van der Waals surface area contributed by atoms with Crippen molar-refractivity contribution >= 4 is 16.8 Å². The minimum Gasteiger partial charge on any atom is -0.361 e. The predicted molar refractivity (Wildman–Crippen MR) is 91.1 cm³/mol. The van der Waals surface area contributed by atoms with Crippen LogP contribution in [0.15, 0.2) is 30.5 Å². The molecule has 122 valence electrons. The summed E-state index contributed by atoms with van der Waals surface area (Å²) in [6.45, 7) is 2.09. The van der Waals surface area contributed by atoms with Gasteiger partial charge in [0.05, 0.1) is 6.04 Å². The maximum Gasteiger partial charge on any atom is 0.237 e. The number of hydrogen-bond acceptors (Lipinski definition) is 3.